The van der Waals surface area contributed by atoms with Crippen LogP contribution < -0.4 is 16.0 Å². The molecule has 168 valence electrons. The molecule has 4 amide bonds. The summed E-state index contributed by atoms with van der Waals surface area (Å²) in [4.78, 5) is 48.3. The average molecular weight is 496 g/mol. The highest BCUT2D eigenvalue weighted by Crippen LogP contribution is 2.25. The van der Waals surface area contributed by atoms with Crippen molar-refractivity contribution in [2.24, 2.45) is 0 Å². The Bertz CT molecular complexity index is 1010. The summed E-state index contributed by atoms with van der Waals surface area (Å²) in [7, 11) is 0. The number of benzene rings is 2. The maximum atomic E-state index is 12.4. The molecule has 0 spiro atoms. The molecule has 0 atom stereocenters. The average Bonchev–Trinajstić information content (AvgIpc) is 2.74. The lowest BCUT2D eigenvalue weighted by atomic mass is 10.2. The second-order valence-electron chi connectivity index (χ2n) is 6.11. The summed E-state index contributed by atoms with van der Waals surface area (Å²) in [6, 6.07) is 10.4. The number of carbonyl (C=O) groups excluding carboxylic acids is 4. The predicted molar refractivity (Wildman–Crippen MR) is 124 cm³/mol. The van der Waals surface area contributed by atoms with Crippen molar-refractivity contribution in [2.45, 2.75) is 4.90 Å². The number of ether oxygens (including phenoxy) is 1. The van der Waals surface area contributed by atoms with Gasteiger partial charge in [0.15, 0.2) is 6.61 Å². The molecule has 8 nitrogen and oxygen atoms in total. The van der Waals surface area contributed by atoms with Gasteiger partial charge in [0.2, 0.25) is 5.91 Å². The molecular weight excluding hydrogens is 477 g/mol. The number of nitrogens with one attached hydrogen (secondary N) is 3. The van der Waals surface area contributed by atoms with Crippen LogP contribution in [0.5, 0.6) is 0 Å². The SMILES string of the molecule is C=CCNC(=O)NC(=O)COC(=O)c1ccccc1SCC(=O)Nc1cc(Cl)cc(Cl)c1. The van der Waals surface area contributed by atoms with Gasteiger partial charge in [-0.1, -0.05) is 41.4 Å². The van der Waals surface area contributed by atoms with Gasteiger partial charge in [-0.2, -0.15) is 0 Å². The van der Waals surface area contributed by atoms with Crippen molar-refractivity contribution in [3.05, 3.63) is 70.7 Å². The molecule has 0 aliphatic carbocycles. The van der Waals surface area contributed by atoms with E-state index < -0.39 is 24.5 Å². The van der Waals surface area contributed by atoms with Crippen LogP contribution in [0.3, 0.4) is 0 Å². The summed E-state index contributed by atoms with van der Waals surface area (Å²) in [5, 5.41) is 7.82. The van der Waals surface area contributed by atoms with Crippen LogP contribution in [-0.2, 0) is 14.3 Å². The standard InChI is InChI=1S/C21H19Cl2N3O5S/c1-2-7-24-21(30)26-18(27)11-31-20(29)16-5-3-4-6-17(16)32-12-19(28)25-15-9-13(22)8-14(23)10-15/h2-6,8-10H,1,7,11-12H2,(H,25,28)(H2,24,26,27,30). The highest BCUT2D eigenvalue weighted by atomic mass is 35.5. The fraction of sp³-hybridized carbons (Fsp3) is 0.143. The minimum atomic E-state index is -0.787. The van der Waals surface area contributed by atoms with Crippen molar-refractivity contribution >= 4 is 64.5 Å². The molecule has 0 aliphatic rings. The number of urea groups is 1. The Labute approximate surface area is 198 Å². The quantitative estimate of drug-likeness (QED) is 0.276. The lowest BCUT2D eigenvalue weighted by Crippen LogP contribution is -2.41. The van der Waals surface area contributed by atoms with Gasteiger partial charge in [-0.3, -0.25) is 14.9 Å². The van der Waals surface area contributed by atoms with Crippen molar-refractivity contribution in [2.75, 3.05) is 24.2 Å². The van der Waals surface area contributed by atoms with Crippen molar-refractivity contribution in [3.63, 3.8) is 0 Å². The van der Waals surface area contributed by atoms with Crippen LogP contribution >= 0.6 is 35.0 Å². The van der Waals surface area contributed by atoms with E-state index in [-0.39, 0.29) is 23.8 Å². The second kappa shape index (κ2) is 12.7. The summed E-state index contributed by atoms with van der Waals surface area (Å²) in [6.07, 6.45) is 1.45. The zero-order valence-corrected chi connectivity index (χ0v) is 19.0. The number of esters is 1. The van der Waals surface area contributed by atoms with Gasteiger partial charge in [-0.15, -0.1) is 18.3 Å². The van der Waals surface area contributed by atoms with E-state index in [4.69, 9.17) is 27.9 Å². The van der Waals surface area contributed by atoms with E-state index in [1.54, 1.807) is 36.4 Å². The molecule has 0 heterocycles. The van der Waals surface area contributed by atoms with Crippen LogP contribution in [0, 0.1) is 0 Å². The number of anilines is 1. The summed E-state index contributed by atoms with van der Waals surface area (Å²) >= 11 is 12.9. The Morgan fingerprint density at radius 2 is 1.72 bits per heavy atom. The molecule has 32 heavy (non-hydrogen) atoms. The van der Waals surface area contributed by atoms with Gasteiger partial charge in [-0.05, 0) is 30.3 Å². The van der Waals surface area contributed by atoms with E-state index in [0.29, 0.717) is 20.6 Å². The van der Waals surface area contributed by atoms with Gasteiger partial charge in [0, 0.05) is 27.2 Å². The lowest BCUT2D eigenvalue weighted by molar-refractivity contribution is -0.123. The minimum Gasteiger partial charge on any atom is -0.452 e. The van der Waals surface area contributed by atoms with Crippen LogP contribution in [0.15, 0.2) is 60.0 Å². The van der Waals surface area contributed by atoms with Crippen LogP contribution in [0.2, 0.25) is 10.0 Å². The first-order valence-electron chi connectivity index (χ1n) is 9.12. The molecule has 0 aromatic heterocycles. The van der Waals surface area contributed by atoms with Gasteiger partial charge in [0.1, 0.15) is 0 Å². The number of halogens is 2. The third-order valence-corrected chi connectivity index (χ3v) is 5.12. The number of carbonyl (C=O) groups is 4. The number of imide groups is 1. The van der Waals surface area contributed by atoms with E-state index >= 15 is 0 Å². The fourth-order valence-electron chi connectivity index (χ4n) is 2.31. The summed E-state index contributed by atoms with van der Waals surface area (Å²) in [6.45, 7) is 2.97. The van der Waals surface area contributed by atoms with Crippen LogP contribution in [0.25, 0.3) is 0 Å². The first-order chi connectivity index (χ1) is 15.3. The molecule has 0 aliphatic heterocycles. The predicted octanol–water partition coefficient (Wildman–Crippen LogP) is 3.89. The van der Waals surface area contributed by atoms with Crippen molar-refractivity contribution in [1.82, 2.24) is 10.6 Å². The second-order valence-corrected chi connectivity index (χ2v) is 8.00. The summed E-state index contributed by atoms with van der Waals surface area (Å²) < 4.78 is 4.97. The normalized spacial score (nSPS) is 10.1. The zero-order chi connectivity index (χ0) is 23.5. The zero-order valence-electron chi connectivity index (χ0n) is 16.7. The van der Waals surface area contributed by atoms with Crippen LogP contribution in [-0.4, -0.2) is 42.7 Å². The topological polar surface area (TPSA) is 114 Å². The van der Waals surface area contributed by atoms with E-state index in [1.807, 2.05) is 5.32 Å². The molecule has 2 aromatic carbocycles. The van der Waals surface area contributed by atoms with E-state index in [1.165, 1.54) is 12.1 Å². The summed E-state index contributed by atoms with van der Waals surface area (Å²) in [5.41, 5.74) is 0.629. The van der Waals surface area contributed by atoms with E-state index in [0.717, 1.165) is 11.8 Å². The first-order valence-corrected chi connectivity index (χ1v) is 10.9. The Balaban J connectivity index is 1.90. The smallest absolute Gasteiger partial charge is 0.339 e. The Kier molecular flexibility index (Phi) is 10.1. The third-order valence-electron chi connectivity index (χ3n) is 3.61. The minimum absolute atomic E-state index is 0.00160. The summed E-state index contributed by atoms with van der Waals surface area (Å²) in [5.74, 6) is -1.89. The van der Waals surface area contributed by atoms with Crippen molar-refractivity contribution < 1.29 is 23.9 Å². The molecule has 0 saturated heterocycles. The van der Waals surface area contributed by atoms with Gasteiger partial charge in [-0.25, -0.2) is 9.59 Å². The van der Waals surface area contributed by atoms with Gasteiger partial charge >= 0.3 is 12.0 Å². The Hall–Kier alpha value is -3.01. The Morgan fingerprint density at radius 3 is 2.41 bits per heavy atom. The van der Waals surface area contributed by atoms with E-state index in [2.05, 4.69) is 17.2 Å². The fourth-order valence-corrected chi connectivity index (χ4v) is 3.67. The number of hydrogen-bond donors (Lipinski definition) is 3. The largest absolute Gasteiger partial charge is 0.452 e. The maximum absolute atomic E-state index is 12.4. The Morgan fingerprint density at radius 1 is 1.03 bits per heavy atom. The molecule has 0 saturated carbocycles. The molecule has 11 heteroatoms. The number of thioether (sulfide) groups is 1. The lowest BCUT2D eigenvalue weighted by Gasteiger charge is -2.10. The molecule has 0 fully saturated rings. The number of rotatable bonds is 9. The number of hydrogen-bond acceptors (Lipinski definition) is 6. The van der Waals surface area contributed by atoms with Crippen molar-refractivity contribution in [3.8, 4) is 0 Å². The van der Waals surface area contributed by atoms with E-state index in [9.17, 15) is 19.2 Å². The van der Waals surface area contributed by atoms with Gasteiger partial charge < -0.3 is 15.4 Å². The van der Waals surface area contributed by atoms with Crippen LogP contribution in [0.4, 0.5) is 10.5 Å². The first kappa shape index (κ1) is 25.3. The molecule has 2 rings (SSSR count). The van der Waals surface area contributed by atoms with Gasteiger partial charge in [0.05, 0.1) is 11.3 Å². The maximum Gasteiger partial charge on any atom is 0.339 e. The molecule has 0 unspecified atom stereocenters. The molecule has 3 N–H and O–H groups in total. The monoisotopic (exact) mass is 495 g/mol. The van der Waals surface area contributed by atoms with Crippen molar-refractivity contribution in [1.29, 1.82) is 0 Å². The number of amides is 4. The molecule has 0 bridgehead atoms. The third kappa shape index (κ3) is 8.62. The molecule has 2 aromatic rings. The highest BCUT2D eigenvalue weighted by molar-refractivity contribution is 8.00. The molecular formula is C21H19Cl2N3O5S. The van der Waals surface area contributed by atoms with Gasteiger partial charge in [0.25, 0.3) is 5.91 Å². The van der Waals surface area contributed by atoms with Crippen LogP contribution in [0.1, 0.15) is 10.4 Å². The highest BCUT2D eigenvalue weighted by Gasteiger charge is 2.16. The molecule has 0 radical (unpaired) electrons.